The molecule has 1 aromatic carbocycles. The van der Waals surface area contributed by atoms with Crippen LogP contribution >= 0.6 is 0 Å². The third kappa shape index (κ3) is 7.71. The lowest BCUT2D eigenvalue weighted by molar-refractivity contribution is -0.116. The number of benzene rings is 1. The number of nitrogens with one attached hydrogen (secondary N) is 2. The predicted molar refractivity (Wildman–Crippen MR) is 87.8 cm³/mol. The molecular formula is C17H28N2O2. The van der Waals surface area contributed by atoms with E-state index in [0.29, 0.717) is 24.6 Å². The summed E-state index contributed by atoms with van der Waals surface area (Å²) in [4.78, 5) is 11.9. The number of amides is 1. The highest BCUT2D eigenvalue weighted by Gasteiger charge is 2.08. The summed E-state index contributed by atoms with van der Waals surface area (Å²) in [6, 6.07) is 7.53. The van der Waals surface area contributed by atoms with Gasteiger partial charge in [0.15, 0.2) is 0 Å². The molecule has 0 bridgehead atoms. The van der Waals surface area contributed by atoms with Gasteiger partial charge in [-0.05, 0) is 44.9 Å². The first-order chi connectivity index (χ1) is 9.99. The van der Waals surface area contributed by atoms with Crippen molar-refractivity contribution in [2.24, 2.45) is 5.92 Å². The molecule has 0 aromatic heterocycles. The maximum absolute atomic E-state index is 11.9. The topological polar surface area (TPSA) is 50.4 Å². The van der Waals surface area contributed by atoms with Crippen molar-refractivity contribution in [2.75, 3.05) is 18.4 Å². The van der Waals surface area contributed by atoms with E-state index in [1.54, 1.807) is 0 Å². The molecule has 0 saturated heterocycles. The van der Waals surface area contributed by atoms with Crippen molar-refractivity contribution in [1.82, 2.24) is 5.32 Å². The molecule has 4 heteroatoms. The molecule has 0 spiro atoms. The van der Waals surface area contributed by atoms with Crippen molar-refractivity contribution in [3.8, 4) is 5.75 Å². The molecule has 0 fully saturated rings. The number of carbonyl (C=O) groups excluding carboxylic acids is 1. The van der Waals surface area contributed by atoms with Crippen LogP contribution in [0.25, 0.3) is 0 Å². The van der Waals surface area contributed by atoms with Crippen LogP contribution in [0.5, 0.6) is 5.75 Å². The Morgan fingerprint density at radius 3 is 2.52 bits per heavy atom. The van der Waals surface area contributed by atoms with Crippen molar-refractivity contribution in [3.05, 3.63) is 24.3 Å². The van der Waals surface area contributed by atoms with Crippen molar-refractivity contribution >= 4 is 11.6 Å². The summed E-state index contributed by atoms with van der Waals surface area (Å²) in [5.74, 6) is 1.41. The second kappa shape index (κ2) is 9.40. The van der Waals surface area contributed by atoms with Crippen LogP contribution < -0.4 is 15.4 Å². The summed E-state index contributed by atoms with van der Waals surface area (Å²) in [6.07, 6.45) is 1.68. The van der Waals surface area contributed by atoms with Crippen LogP contribution in [0.15, 0.2) is 24.3 Å². The molecule has 21 heavy (non-hydrogen) atoms. The SMILES string of the molecule is CC(C)CCNCCC(=O)Nc1ccccc1OC(C)C. The van der Waals surface area contributed by atoms with E-state index in [4.69, 9.17) is 4.74 Å². The second-order valence-electron chi connectivity index (χ2n) is 5.89. The number of hydrogen-bond donors (Lipinski definition) is 2. The van der Waals surface area contributed by atoms with Crippen LogP contribution in [0.4, 0.5) is 5.69 Å². The zero-order valence-corrected chi connectivity index (χ0v) is 13.6. The Kier molecular flexibility index (Phi) is 7.83. The first kappa shape index (κ1) is 17.5. The van der Waals surface area contributed by atoms with E-state index in [2.05, 4.69) is 24.5 Å². The van der Waals surface area contributed by atoms with E-state index in [1.165, 1.54) is 0 Å². The van der Waals surface area contributed by atoms with Gasteiger partial charge in [-0.25, -0.2) is 0 Å². The molecule has 0 atom stereocenters. The van der Waals surface area contributed by atoms with Crippen molar-refractivity contribution in [1.29, 1.82) is 0 Å². The predicted octanol–water partition coefficient (Wildman–Crippen LogP) is 3.44. The lowest BCUT2D eigenvalue weighted by Crippen LogP contribution is -2.23. The number of anilines is 1. The van der Waals surface area contributed by atoms with E-state index in [1.807, 2.05) is 38.1 Å². The molecule has 0 aliphatic heterocycles. The van der Waals surface area contributed by atoms with Crippen LogP contribution in [0.3, 0.4) is 0 Å². The number of para-hydroxylation sites is 2. The van der Waals surface area contributed by atoms with Gasteiger partial charge in [0.05, 0.1) is 11.8 Å². The van der Waals surface area contributed by atoms with Gasteiger partial charge in [-0.1, -0.05) is 26.0 Å². The molecule has 1 amide bonds. The number of ether oxygens (including phenoxy) is 1. The van der Waals surface area contributed by atoms with Gasteiger partial charge in [0.25, 0.3) is 0 Å². The Balaban J connectivity index is 2.37. The Morgan fingerprint density at radius 2 is 1.86 bits per heavy atom. The third-order valence-corrected chi connectivity index (χ3v) is 2.95. The van der Waals surface area contributed by atoms with Gasteiger partial charge in [0.1, 0.15) is 5.75 Å². The fraction of sp³-hybridized carbons (Fsp3) is 0.588. The Bertz CT molecular complexity index is 431. The maximum atomic E-state index is 11.9. The van der Waals surface area contributed by atoms with Gasteiger partial charge < -0.3 is 15.4 Å². The highest BCUT2D eigenvalue weighted by molar-refractivity contribution is 5.92. The summed E-state index contributed by atoms with van der Waals surface area (Å²) >= 11 is 0. The first-order valence-electron chi connectivity index (χ1n) is 7.75. The average Bonchev–Trinajstić information content (AvgIpc) is 2.39. The fourth-order valence-corrected chi connectivity index (χ4v) is 1.86. The summed E-state index contributed by atoms with van der Waals surface area (Å²) in [5.41, 5.74) is 0.735. The van der Waals surface area contributed by atoms with Crippen molar-refractivity contribution in [3.63, 3.8) is 0 Å². The van der Waals surface area contributed by atoms with Crippen molar-refractivity contribution < 1.29 is 9.53 Å². The molecule has 0 radical (unpaired) electrons. The van der Waals surface area contributed by atoms with E-state index in [9.17, 15) is 4.79 Å². The Labute approximate surface area is 128 Å². The molecule has 4 nitrogen and oxygen atoms in total. The quantitative estimate of drug-likeness (QED) is 0.686. The highest BCUT2D eigenvalue weighted by atomic mass is 16.5. The van der Waals surface area contributed by atoms with Crippen molar-refractivity contribution in [2.45, 2.75) is 46.6 Å². The summed E-state index contributed by atoms with van der Waals surface area (Å²) in [6.45, 7) is 9.98. The Hall–Kier alpha value is -1.55. The second-order valence-corrected chi connectivity index (χ2v) is 5.89. The van der Waals surface area contributed by atoms with E-state index in [-0.39, 0.29) is 12.0 Å². The minimum absolute atomic E-state index is 0.00635. The summed E-state index contributed by atoms with van der Waals surface area (Å²) in [5, 5.41) is 6.20. The largest absolute Gasteiger partial charge is 0.489 e. The minimum atomic E-state index is 0.00635. The van der Waals surface area contributed by atoms with Crippen LogP contribution in [0.2, 0.25) is 0 Å². The minimum Gasteiger partial charge on any atom is -0.489 e. The third-order valence-electron chi connectivity index (χ3n) is 2.95. The molecule has 0 unspecified atom stereocenters. The fourth-order valence-electron chi connectivity index (χ4n) is 1.86. The molecule has 118 valence electrons. The zero-order chi connectivity index (χ0) is 15.7. The normalized spacial score (nSPS) is 11.0. The molecule has 0 aliphatic carbocycles. The monoisotopic (exact) mass is 292 g/mol. The highest BCUT2D eigenvalue weighted by Crippen LogP contribution is 2.24. The molecule has 1 aromatic rings. The number of hydrogen-bond acceptors (Lipinski definition) is 3. The van der Waals surface area contributed by atoms with E-state index < -0.39 is 0 Å². The van der Waals surface area contributed by atoms with Crippen LogP contribution in [0.1, 0.15) is 40.5 Å². The maximum Gasteiger partial charge on any atom is 0.225 e. The average molecular weight is 292 g/mol. The van der Waals surface area contributed by atoms with Gasteiger partial charge in [-0.2, -0.15) is 0 Å². The van der Waals surface area contributed by atoms with Gasteiger partial charge in [-0.15, -0.1) is 0 Å². The van der Waals surface area contributed by atoms with Gasteiger partial charge in [0, 0.05) is 13.0 Å². The number of rotatable bonds is 9. The molecule has 0 saturated carbocycles. The van der Waals surface area contributed by atoms with Gasteiger partial charge in [0.2, 0.25) is 5.91 Å². The Morgan fingerprint density at radius 1 is 1.14 bits per heavy atom. The standard InChI is InChI=1S/C17H28N2O2/c1-13(2)9-11-18-12-10-17(20)19-15-7-5-6-8-16(15)21-14(3)4/h5-8,13-14,18H,9-12H2,1-4H3,(H,19,20). The first-order valence-corrected chi connectivity index (χ1v) is 7.75. The van der Waals surface area contributed by atoms with Crippen LogP contribution in [0, 0.1) is 5.92 Å². The molecule has 1 rings (SSSR count). The molecular weight excluding hydrogens is 264 g/mol. The van der Waals surface area contributed by atoms with E-state index >= 15 is 0 Å². The summed E-state index contributed by atoms with van der Waals surface area (Å²) in [7, 11) is 0. The van der Waals surface area contributed by atoms with Gasteiger partial charge in [-0.3, -0.25) is 4.79 Å². The van der Waals surface area contributed by atoms with Crippen LogP contribution in [-0.2, 0) is 4.79 Å². The van der Waals surface area contributed by atoms with Gasteiger partial charge >= 0.3 is 0 Å². The zero-order valence-electron chi connectivity index (χ0n) is 13.6. The smallest absolute Gasteiger partial charge is 0.225 e. The van der Waals surface area contributed by atoms with Crippen LogP contribution in [-0.4, -0.2) is 25.1 Å². The molecule has 0 heterocycles. The molecule has 0 aliphatic rings. The van der Waals surface area contributed by atoms with E-state index in [0.717, 1.165) is 18.7 Å². The molecule has 2 N–H and O–H groups in total. The summed E-state index contributed by atoms with van der Waals surface area (Å²) < 4.78 is 5.69. The number of carbonyl (C=O) groups is 1. The lowest BCUT2D eigenvalue weighted by atomic mass is 10.1. The lowest BCUT2D eigenvalue weighted by Gasteiger charge is -2.15.